The van der Waals surface area contributed by atoms with Gasteiger partial charge in [0, 0.05) is 24.2 Å². The molecule has 4 aromatic rings. The number of carbonyl (C=O) groups is 1. The molecule has 0 spiro atoms. The molecule has 0 atom stereocenters. The topological polar surface area (TPSA) is 64.8 Å². The summed E-state index contributed by atoms with van der Waals surface area (Å²) < 4.78 is 17.2. The highest BCUT2D eigenvalue weighted by Gasteiger charge is 2.24. The van der Waals surface area contributed by atoms with E-state index >= 15 is 0 Å². The predicted molar refractivity (Wildman–Crippen MR) is 132 cm³/mol. The highest BCUT2D eigenvalue weighted by Crippen LogP contribution is 2.34. The normalized spacial score (nSPS) is 10.7. The van der Waals surface area contributed by atoms with Crippen molar-refractivity contribution in [3.8, 4) is 34.1 Å². The monoisotopic (exact) mass is 456 g/mol. The van der Waals surface area contributed by atoms with Gasteiger partial charge < -0.3 is 18.8 Å². The summed E-state index contributed by atoms with van der Waals surface area (Å²) in [6, 6.07) is 25.2. The fourth-order valence-corrected chi connectivity index (χ4v) is 3.64. The molecule has 0 N–H and O–H groups in total. The fourth-order valence-electron chi connectivity index (χ4n) is 3.64. The van der Waals surface area contributed by atoms with E-state index in [1.165, 1.54) is 0 Å². The van der Waals surface area contributed by atoms with Crippen molar-refractivity contribution < 1.29 is 18.7 Å². The summed E-state index contributed by atoms with van der Waals surface area (Å²) in [6.45, 7) is 5.52. The highest BCUT2D eigenvalue weighted by atomic mass is 16.5. The van der Waals surface area contributed by atoms with Gasteiger partial charge in [0.15, 0.2) is 5.76 Å². The summed E-state index contributed by atoms with van der Waals surface area (Å²) in [5, 5.41) is 0. The first-order valence-electron chi connectivity index (χ1n) is 11.3. The van der Waals surface area contributed by atoms with Gasteiger partial charge in [0.1, 0.15) is 23.8 Å². The maximum absolute atomic E-state index is 12.9. The number of oxazole rings is 1. The Labute approximate surface area is 199 Å². The van der Waals surface area contributed by atoms with E-state index in [1.54, 1.807) is 12.0 Å². The van der Waals surface area contributed by atoms with Gasteiger partial charge in [0.2, 0.25) is 0 Å². The van der Waals surface area contributed by atoms with Crippen LogP contribution in [-0.2, 0) is 6.61 Å². The number of amides is 1. The van der Waals surface area contributed by atoms with Crippen molar-refractivity contribution in [3.05, 3.63) is 90.3 Å². The number of ether oxygens (including phenoxy) is 2. The zero-order chi connectivity index (χ0) is 23.9. The number of rotatable bonds is 9. The number of hydrogen-bond donors (Lipinski definition) is 0. The Bertz CT molecular complexity index is 1210. The van der Waals surface area contributed by atoms with Gasteiger partial charge in [0.25, 0.3) is 5.89 Å². The van der Waals surface area contributed by atoms with Crippen LogP contribution in [0.4, 0.5) is 0 Å². The number of methoxy groups -OCH3 is 1. The van der Waals surface area contributed by atoms with Gasteiger partial charge in [-0.2, -0.15) is 0 Å². The average Bonchev–Trinajstić information content (AvgIpc) is 3.34. The van der Waals surface area contributed by atoms with E-state index in [2.05, 4.69) is 4.98 Å². The number of benzene rings is 3. The van der Waals surface area contributed by atoms with E-state index in [-0.39, 0.29) is 11.8 Å². The van der Waals surface area contributed by atoms with Crippen LogP contribution in [0.15, 0.2) is 83.3 Å². The second-order valence-corrected chi connectivity index (χ2v) is 7.70. The molecule has 0 saturated heterocycles. The van der Waals surface area contributed by atoms with Gasteiger partial charge in [-0.3, -0.25) is 4.79 Å². The van der Waals surface area contributed by atoms with Crippen LogP contribution in [0, 0.1) is 0 Å². The molecule has 6 nitrogen and oxygen atoms in total. The molecule has 4 rings (SSSR count). The lowest BCUT2D eigenvalue weighted by atomic mass is 10.1. The molecule has 3 aromatic carbocycles. The molecule has 0 bridgehead atoms. The SMILES string of the molecule is CCN(CC)C(=O)c1nc(-c2ccc(OC)cc2)c(-c2ccc(OCc3ccccc3)cc2)o1. The van der Waals surface area contributed by atoms with E-state index in [4.69, 9.17) is 13.9 Å². The summed E-state index contributed by atoms with van der Waals surface area (Å²) >= 11 is 0. The fraction of sp³-hybridized carbons (Fsp3) is 0.214. The molecular weight excluding hydrogens is 428 g/mol. The molecule has 0 radical (unpaired) electrons. The third-order valence-electron chi connectivity index (χ3n) is 5.59. The third-order valence-corrected chi connectivity index (χ3v) is 5.59. The molecule has 0 saturated carbocycles. The molecule has 0 aliphatic rings. The van der Waals surface area contributed by atoms with Gasteiger partial charge in [-0.05, 0) is 67.9 Å². The molecule has 0 fully saturated rings. The first-order valence-corrected chi connectivity index (χ1v) is 11.3. The molecule has 1 aromatic heterocycles. The maximum Gasteiger partial charge on any atom is 0.309 e. The lowest BCUT2D eigenvalue weighted by Gasteiger charge is -2.15. The van der Waals surface area contributed by atoms with Crippen molar-refractivity contribution in [3.63, 3.8) is 0 Å². The number of aromatic nitrogens is 1. The van der Waals surface area contributed by atoms with E-state index < -0.39 is 0 Å². The quantitative estimate of drug-likeness (QED) is 0.305. The summed E-state index contributed by atoms with van der Waals surface area (Å²) in [7, 11) is 1.62. The maximum atomic E-state index is 12.9. The van der Waals surface area contributed by atoms with Gasteiger partial charge in [0.05, 0.1) is 7.11 Å². The molecule has 0 aliphatic carbocycles. The smallest absolute Gasteiger partial charge is 0.309 e. The minimum absolute atomic E-state index is 0.0777. The number of hydrogen-bond acceptors (Lipinski definition) is 5. The van der Waals surface area contributed by atoms with Crippen molar-refractivity contribution in [1.82, 2.24) is 9.88 Å². The minimum Gasteiger partial charge on any atom is -0.497 e. The largest absolute Gasteiger partial charge is 0.497 e. The van der Waals surface area contributed by atoms with Crippen LogP contribution in [0.3, 0.4) is 0 Å². The van der Waals surface area contributed by atoms with Crippen LogP contribution in [-0.4, -0.2) is 36.0 Å². The molecule has 34 heavy (non-hydrogen) atoms. The lowest BCUT2D eigenvalue weighted by Crippen LogP contribution is -2.30. The van der Waals surface area contributed by atoms with Crippen LogP contribution < -0.4 is 9.47 Å². The van der Waals surface area contributed by atoms with Crippen molar-refractivity contribution in [2.45, 2.75) is 20.5 Å². The van der Waals surface area contributed by atoms with Gasteiger partial charge in [-0.1, -0.05) is 30.3 Å². The van der Waals surface area contributed by atoms with Crippen LogP contribution >= 0.6 is 0 Å². The Morgan fingerprint density at radius 2 is 1.47 bits per heavy atom. The Morgan fingerprint density at radius 1 is 0.853 bits per heavy atom. The predicted octanol–water partition coefficient (Wildman–Crippen LogP) is 6.08. The standard InChI is InChI=1S/C28H28N2O4/c1-4-30(5-2)28(31)27-29-25(21-11-15-23(32-3)16-12-21)26(34-27)22-13-17-24(18-14-22)33-19-20-9-7-6-8-10-20/h6-18H,4-5,19H2,1-3H3. The van der Waals surface area contributed by atoms with Gasteiger partial charge >= 0.3 is 5.91 Å². The Kier molecular flexibility index (Phi) is 7.28. The Balaban J connectivity index is 1.65. The molecular formula is C28H28N2O4. The van der Waals surface area contributed by atoms with Crippen LogP contribution in [0.25, 0.3) is 22.6 Å². The van der Waals surface area contributed by atoms with Crippen molar-refractivity contribution in [2.24, 2.45) is 0 Å². The number of nitrogens with zero attached hydrogens (tertiary/aromatic N) is 2. The minimum atomic E-state index is -0.228. The van der Waals surface area contributed by atoms with Crippen molar-refractivity contribution >= 4 is 5.91 Å². The zero-order valence-corrected chi connectivity index (χ0v) is 19.7. The molecule has 1 amide bonds. The molecule has 174 valence electrons. The molecule has 6 heteroatoms. The first-order chi connectivity index (χ1) is 16.6. The summed E-state index contributed by atoms with van der Waals surface area (Å²) in [5.74, 6) is 1.88. The van der Waals surface area contributed by atoms with Gasteiger partial charge in [-0.15, -0.1) is 0 Å². The number of carbonyl (C=O) groups excluding carboxylic acids is 1. The van der Waals surface area contributed by atoms with Gasteiger partial charge in [-0.25, -0.2) is 4.98 Å². The third kappa shape index (κ3) is 5.12. The highest BCUT2D eigenvalue weighted by molar-refractivity contribution is 5.92. The second-order valence-electron chi connectivity index (χ2n) is 7.70. The Hall–Kier alpha value is -4.06. The molecule has 0 unspecified atom stereocenters. The zero-order valence-electron chi connectivity index (χ0n) is 19.7. The first kappa shape index (κ1) is 23.1. The average molecular weight is 457 g/mol. The van der Waals surface area contributed by atoms with Crippen molar-refractivity contribution in [1.29, 1.82) is 0 Å². The summed E-state index contributed by atoms with van der Waals surface area (Å²) in [5.41, 5.74) is 3.35. The van der Waals surface area contributed by atoms with E-state index in [9.17, 15) is 4.79 Å². The van der Waals surface area contributed by atoms with E-state index in [1.807, 2.05) is 92.7 Å². The van der Waals surface area contributed by atoms with Crippen LogP contribution in [0.5, 0.6) is 11.5 Å². The second kappa shape index (κ2) is 10.7. The molecule has 0 aliphatic heterocycles. The van der Waals surface area contributed by atoms with E-state index in [0.29, 0.717) is 31.2 Å². The lowest BCUT2D eigenvalue weighted by molar-refractivity contribution is 0.0734. The summed E-state index contributed by atoms with van der Waals surface area (Å²) in [6.07, 6.45) is 0. The Morgan fingerprint density at radius 3 is 2.09 bits per heavy atom. The molecule has 1 heterocycles. The van der Waals surface area contributed by atoms with Crippen molar-refractivity contribution in [2.75, 3.05) is 20.2 Å². The van der Waals surface area contributed by atoms with Crippen LogP contribution in [0.1, 0.15) is 30.1 Å². The van der Waals surface area contributed by atoms with Crippen LogP contribution in [0.2, 0.25) is 0 Å². The summed E-state index contributed by atoms with van der Waals surface area (Å²) in [4.78, 5) is 19.2. The van der Waals surface area contributed by atoms with E-state index in [0.717, 1.165) is 28.2 Å².